The molecule has 1 N–H and O–H groups in total. The molecule has 0 aliphatic carbocycles. The number of hydrogen-bond donors (Lipinski definition) is 1. The summed E-state index contributed by atoms with van der Waals surface area (Å²) in [5, 5.41) is 3.10. The second kappa shape index (κ2) is 4.73. The smallest absolute Gasteiger partial charge is 0.0240 e. The molecule has 0 bridgehead atoms. The molecule has 1 saturated heterocycles. The Hall–Kier alpha value is 0.582. The van der Waals surface area contributed by atoms with Crippen molar-refractivity contribution in [2.45, 2.75) is 0 Å². The van der Waals surface area contributed by atoms with Gasteiger partial charge in [0.2, 0.25) is 0 Å². The molecule has 0 spiro atoms. The summed E-state index contributed by atoms with van der Waals surface area (Å²) in [7, 11) is 0. The van der Waals surface area contributed by atoms with Gasteiger partial charge in [0.15, 0.2) is 0 Å². The summed E-state index contributed by atoms with van der Waals surface area (Å²) in [6.07, 6.45) is 0. The molecule has 1 fully saturated rings. The molecule has 0 saturated carbocycles. The fourth-order valence-corrected chi connectivity index (χ4v) is 0.434. The van der Waals surface area contributed by atoms with Crippen LogP contribution in [-0.2, 0) is 25.2 Å². The molecule has 0 aromatic carbocycles. The van der Waals surface area contributed by atoms with Gasteiger partial charge in [0.05, 0.1) is 0 Å². The number of rotatable bonds is 0. The third-order valence-electron chi connectivity index (χ3n) is 0.742. The zero-order valence-electron chi connectivity index (χ0n) is 3.98. The van der Waals surface area contributed by atoms with Crippen molar-refractivity contribution in [1.29, 1.82) is 0 Å². The van der Waals surface area contributed by atoms with Crippen LogP contribution in [0.1, 0.15) is 0 Å². The zero-order chi connectivity index (χ0) is 4.24. The van der Waals surface area contributed by atoms with Gasteiger partial charge in [0.1, 0.15) is 0 Å². The van der Waals surface area contributed by atoms with Gasteiger partial charge in [-0.2, -0.15) is 6.61 Å². The Morgan fingerprint density at radius 1 is 1.57 bits per heavy atom. The van der Waals surface area contributed by atoms with Crippen LogP contribution >= 0.6 is 0 Å². The van der Waals surface area contributed by atoms with Crippen LogP contribution in [0.3, 0.4) is 0 Å². The summed E-state index contributed by atoms with van der Waals surface area (Å²) in [5.41, 5.74) is 0. The van der Waals surface area contributed by atoms with Crippen molar-refractivity contribution in [2.24, 2.45) is 0 Å². The van der Waals surface area contributed by atoms with E-state index in [1.807, 2.05) is 0 Å². The van der Waals surface area contributed by atoms with Crippen LogP contribution in [0.2, 0.25) is 0 Å². The van der Waals surface area contributed by atoms with Crippen LogP contribution in [0.4, 0.5) is 0 Å². The molecule has 1 rings (SSSR count). The fourth-order valence-electron chi connectivity index (χ4n) is 0.434. The van der Waals surface area contributed by atoms with E-state index in [1.165, 1.54) is 0 Å². The Kier molecular flexibility index (Phi) is 5.13. The summed E-state index contributed by atoms with van der Waals surface area (Å²) in [4.78, 5) is 0. The maximum atomic E-state index is 4.88. The Labute approximate surface area is 57.3 Å². The second-order valence-corrected chi connectivity index (χ2v) is 1.24. The molecule has 0 amide bonds. The molecule has 0 unspecified atom stereocenters. The first-order chi connectivity index (χ1) is 3.00. The van der Waals surface area contributed by atoms with Crippen LogP contribution in [0, 0.1) is 6.61 Å². The number of nitrogens with one attached hydrogen (secondary N) is 1. The summed E-state index contributed by atoms with van der Waals surface area (Å²) in [5.74, 6) is 0. The molecule has 0 atom stereocenters. The van der Waals surface area contributed by atoms with Gasteiger partial charge in [-0.25, -0.2) is 0 Å². The van der Waals surface area contributed by atoms with Crippen molar-refractivity contribution in [3.8, 4) is 0 Å². The number of morpholine rings is 1. The largest absolute Gasteiger partial charge is 0.550 e. The number of hydrogen-bond acceptors (Lipinski definition) is 2. The van der Waals surface area contributed by atoms with E-state index in [0.29, 0.717) is 0 Å². The summed E-state index contributed by atoms with van der Waals surface area (Å²) in [6.45, 7) is 4.51. The van der Waals surface area contributed by atoms with Gasteiger partial charge in [0, 0.05) is 33.6 Å². The fraction of sp³-hybridized carbons (Fsp3) is 0.750. The molecular formula is C4H8NORe-. The van der Waals surface area contributed by atoms with Crippen LogP contribution in [0.5, 0.6) is 0 Å². The summed E-state index contributed by atoms with van der Waals surface area (Å²) >= 11 is 0. The SMILES string of the molecule is [CH-]1CNCCO1.[Re]. The van der Waals surface area contributed by atoms with Crippen molar-refractivity contribution in [3.63, 3.8) is 0 Å². The van der Waals surface area contributed by atoms with Crippen molar-refractivity contribution in [1.82, 2.24) is 5.32 Å². The van der Waals surface area contributed by atoms with Crippen molar-refractivity contribution >= 4 is 0 Å². The van der Waals surface area contributed by atoms with Gasteiger partial charge in [-0.1, -0.05) is 0 Å². The van der Waals surface area contributed by atoms with Crippen LogP contribution in [0.15, 0.2) is 0 Å². The van der Waals surface area contributed by atoms with E-state index < -0.39 is 0 Å². The first-order valence-corrected chi connectivity index (χ1v) is 2.14. The van der Waals surface area contributed by atoms with Gasteiger partial charge in [-0.3, -0.25) is 0 Å². The third-order valence-corrected chi connectivity index (χ3v) is 0.742. The minimum Gasteiger partial charge on any atom is -0.550 e. The van der Waals surface area contributed by atoms with Gasteiger partial charge in [-0.15, -0.1) is 6.54 Å². The van der Waals surface area contributed by atoms with E-state index in [2.05, 4.69) is 5.32 Å². The van der Waals surface area contributed by atoms with Crippen molar-refractivity contribution in [3.05, 3.63) is 6.61 Å². The Balaban J connectivity index is 0.000000360. The van der Waals surface area contributed by atoms with E-state index in [-0.39, 0.29) is 20.4 Å². The van der Waals surface area contributed by atoms with Crippen LogP contribution in [0.25, 0.3) is 0 Å². The van der Waals surface area contributed by atoms with E-state index >= 15 is 0 Å². The zero-order valence-corrected chi connectivity index (χ0v) is 6.70. The maximum Gasteiger partial charge on any atom is 0.0240 e. The molecule has 3 heteroatoms. The van der Waals surface area contributed by atoms with Gasteiger partial charge in [0.25, 0.3) is 0 Å². The summed E-state index contributed by atoms with van der Waals surface area (Å²) in [6, 6.07) is 0. The Morgan fingerprint density at radius 3 is 2.57 bits per heavy atom. The Bertz CT molecular complexity index is 27.2. The molecule has 1 aliphatic rings. The molecule has 43 valence electrons. The molecule has 7 heavy (non-hydrogen) atoms. The quantitative estimate of drug-likeness (QED) is 0.615. The predicted octanol–water partition coefficient (Wildman–Crippen LogP) is -0.235. The van der Waals surface area contributed by atoms with E-state index in [9.17, 15) is 0 Å². The molecular weight excluding hydrogens is 264 g/mol. The van der Waals surface area contributed by atoms with Crippen molar-refractivity contribution < 1.29 is 25.2 Å². The minimum atomic E-state index is 0. The Morgan fingerprint density at radius 2 is 2.43 bits per heavy atom. The molecule has 1 aliphatic heterocycles. The van der Waals surface area contributed by atoms with E-state index in [1.54, 1.807) is 6.61 Å². The normalized spacial score (nSPS) is 20.6. The molecule has 1 radical (unpaired) electrons. The second-order valence-electron chi connectivity index (χ2n) is 1.24. The molecule has 0 aromatic heterocycles. The maximum absolute atomic E-state index is 4.88. The first kappa shape index (κ1) is 7.58. The van der Waals surface area contributed by atoms with Crippen LogP contribution in [-0.4, -0.2) is 19.7 Å². The molecule has 0 aromatic rings. The van der Waals surface area contributed by atoms with Gasteiger partial charge < -0.3 is 10.1 Å². The van der Waals surface area contributed by atoms with Gasteiger partial charge >= 0.3 is 0 Å². The van der Waals surface area contributed by atoms with Crippen LogP contribution < -0.4 is 5.32 Å². The molecule has 1 heterocycles. The van der Waals surface area contributed by atoms with Crippen molar-refractivity contribution in [2.75, 3.05) is 19.7 Å². The predicted molar refractivity (Wildman–Crippen MR) is 23.1 cm³/mol. The average Bonchev–Trinajstić information content (AvgIpc) is 1.72. The topological polar surface area (TPSA) is 21.3 Å². The van der Waals surface area contributed by atoms with Gasteiger partial charge in [-0.05, 0) is 0 Å². The monoisotopic (exact) mass is 273 g/mol. The summed E-state index contributed by atoms with van der Waals surface area (Å²) < 4.78 is 4.88. The standard InChI is InChI=1S/C4H8NO.Re/c1-3-6-4-2-5-1;/h3,5H,1-2,4H2;/q-1;. The molecule has 2 nitrogen and oxygen atoms in total. The number of ether oxygens (including phenoxy) is 1. The average molecular weight is 272 g/mol. The third kappa shape index (κ3) is 3.19. The van der Waals surface area contributed by atoms with E-state index in [4.69, 9.17) is 4.74 Å². The minimum absolute atomic E-state index is 0. The van der Waals surface area contributed by atoms with E-state index in [0.717, 1.165) is 19.7 Å². The first-order valence-electron chi connectivity index (χ1n) is 2.14.